The van der Waals surface area contributed by atoms with Gasteiger partial charge in [0.2, 0.25) is 0 Å². The normalized spacial score (nSPS) is 11.6. The van der Waals surface area contributed by atoms with Crippen molar-refractivity contribution in [1.82, 2.24) is 0 Å². The molecule has 0 heterocycles. The van der Waals surface area contributed by atoms with E-state index < -0.39 is 0 Å². The Hall–Kier alpha value is -0.980. The van der Waals surface area contributed by atoms with Crippen LogP contribution < -0.4 is 5.73 Å². The van der Waals surface area contributed by atoms with Gasteiger partial charge >= 0.3 is 0 Å². The molecule has 11 heavy (non-hydrogen) atoms. The molecule has 0 rings (SSSR count). The number of nitrogens with two attached hydrogens (primary N) is 1. The van der Waals surface area contributed by atoms with Crippen LogP contribution in [0.25, 0.3) is 0 Å². The van der Waals surface area contributed by atoms with Gasteiger partial charge in [-0.25, -0.2) is 0 Å². The summed E-state index contributed by atoms with van der Waals surface area (Å²) in [5, 5.41) is 0. The van der Waals surface area contributed by atoms with Crippen molar-refractivity contribution in [2.45, 2.75) is 27.7 Å². The average Bonchev–Trinajstić information content (AvgIpc) is 2.03. The summed E-state index contributed by atoms with van der Waals surface area (Å²) in [5.41, 5.74) is 7.42. The Balaban J connectivity index is 0. The molecule has 0 aliphatic heterocycles. The molecule has 64 valence electrons. The van der Waals surface area contributed by atoms with E-state index in [1.165, 1.54) is 0 Å². The first-order valence-corrected chi connectivity index (χ1v) is 3.90. The maximum absolute atomic E-state index is 5.47. The van der Waals surface area contributed by atoms with Gasteiger partial charge in [-0.05, 0) is 19.4 Å². The van der Waals surface area contributed by atoms with E-state index in [-0.39, 0.29) is 0 Å². The highest BCUT2D eigenvalue weighted by Gasteiger charge is 1.81. The minimum absolute atomic E-state index is 0.855. The molecule has 0 aliphatic carbocycles. The number of hydrogen-bond acceptors (Lipinski definition) is 1. The summed E-state index contributed by atoms with van der Waals surface area (Å²) in [6.45, 7) is 11.4. The third kappa shape index (κ3) is 9.02. The van der Waals surface area contributed by atoms with Gasteiger partial charge in [0, 0.05) is 5.70 Å². The van der Waals surface area contributed by atoms with Gasteiger partial charge < -0.3 is 5.73 Å². The molecular formula is C10H19N. The molecule has 0 aromatic carbocycles. The number of rotatable bonds is 2. The first kappa shape index (κ1) is 12.7. The molecule has 0 fully saturated rings. The van der Waals surface area contributed by atoms with Crippen molar-refractivity contribution < 1.29 is 0 Å². The van der Waals surface area contributed by atoms with Crippen LogP contribution in [0.1, 0.15) is 27.7 Å². The second-order valence-corrected chi connectivity index (χ2v) is 1.96. The van der Waals surface area contributed by atoms with Gasteiger partial charge in [0.25, 0.3) is 0 Å². The molecule has 0 saturated heterocycles. The third-order valence-electron chi connectivity index (χ3n) is 1.10. The van der Waals surface area contributed by atoms with Crippen LogP contribution in [-0.4, -0.2) is 0 Å². The van der Waals surface area contributed by atoms with Gasteiger partial charge in [-0.15, -0.1) is 0 Å². The molecule has 0 aliphatic rings. The van der Waals surface area contributed by atoms with Crippen molar-refractivity contribution in [2.24, 2.45) is 5.73 Å². The van der Waals surface area contributed by atoms with Crippen molar-refractivity contribution in [3.05, 3.63) is 36.1 Å². The molecule has 0 atom stereocenters. The third-order valence-corrected chi connectivity index (χ3v) is 1.10. The fourth-order valence-electron chi connectivity index (χ4n) is 0.344. The second-order valence-electron chi connectivity index (χ2n) is 1.96. The molecule has 0 aromatic rings. The summed E-state index contributed by atoms with van der Waals surface area (Å²) in [5.74, 6) is 0. The summed E-state index contributed by atoms with van der Waals surface area (Å²) in [4.78, 5) is 0. The van der Waals surface area contributed by atoms with E-state index in [0.717, 1.165) is 11.3 Å². The molecule has 1 heteroatoms. The monoisotopic (exact) mass is 153 g/mol. The lowest BCUT2D eigenvalue weighted by Gasteiger charge is -1.92. The Bertz CT molecular complexity index is 148. The molecule has 0 unspecified atom stereocenters. The first-order chi connectivity index (χ1) is 5.18. The molecule has 0 aromatic heterocycles. The Morgan fingerprint density at radius 2 is 1.73 bits per heavy atom. The lowest BCUT2D eigenvalue weighted by atomic mass is 10.2. The van der Waals surface area contributed by atoms with E-state index in [0.29, 0.717) is 0 Å². The maximum Gasteiger partial charge on any atom is 0.00785 e. The van der Waals surface area contributed by atoms with E-state index in [9.17, 15) is 0 Å². The fourth-order valence-corrected chi connectivity index (χ4v) is 0.344. The van der Waals surface area contributed by atoms with Crippen LogP contribution in [0, 0.1) is 0 Å². The van der Waals surface area contributed by atoms with E-state index in [2.05, 4.69) is 6.58 Å². The molecule has 0 bridgehead atoms. The summed E-state index contributed by atoms with van der Waals surface area (Å²) in [7, 11) is 0. The van der Waals surface area contributed by atoms with Crippen LogP contribution >= 0.6 is 0 Å². The van der Waals surface area contributed by atoms with E-state index in [1.807, 2.05) is 39.8 Å². The summed E-state index contributed by atoms with van der Waals surface area (Å²) in [6, 6.07) is 0. The van der Waals surface area contributed by atoms with Crippen molar-refractivity contribution in [1.29, 1.82) is 0 Å². The highest BCUT2D eigenvalue weighted by atomic mass is 14.5. The van der Waals surface area contributed by atoms with Crippen molar-refractivity contribution in [3.63, 3.8) is 0 Å². The van der Waals surface area contributed by atoms with Gasteiger partial charge in [-0.1, -0.05) is 38.7 Å². The summed E-state index contributed by atoms with van der Waals surface area (Å²) in [6.07, 6.45) is 5.53. The Morgan fingerprint density at radius 1 is 1.27 bits per heavy atom. The zero-order chi connectivity index (χ0) is 9.28. The Morgan fingerprint density at radius 3 is 2.00 bits per heavy atom. The van der Waals surface area contributed by atoms with E-state index in [1.54, 1.807) is 6.08 Å². The lowest BCUT2D eigenvalue weighted by Crippen LogP contribution is -1.92. The van der Waals surface area contributed by atoms with E-state index in [4.69, 9.17) is 5.73 Å². The molecule has 0 radical (unpaired) electrons. The molecule has 0 amide bonds. The molecule has 0 saturated carbocycles. The number of hydrogen-bond donors (Lipinski definition) is 1. The first-order valence-electron chi connectivity index (χ1n) is 3.90. The zero-order valence-electron chi connectivity index (χ0n) is 8.02. The molecule has 2 N–H and O–H groups in total. The molecule has 0 spiro atoms. The minimum Gasteiger partial charge on any atom is -0.402 e. The predicted octanol–water partition coefficient (Wildman–Crippen LogP) is 3.01. The van der Waals surface area contributed by atoms with Crippen LogP contribution in [-0.2, 0) is 0 Å². The largest absolute Gasteiger partial charge is 0.402 e. The van der Waals surface area contributed by atoms with Gasteiger partial charge in [0.15, 0.2) is 0 Å². The van der Waals surface area contributed by atoms with Crippen molar-refractivity contribution >= 4 is 0 Å². The average molecular weight is 153 g/mol. The quantitative estimate of drug-likeness (QED) is 0.606. The van der Waals surface area contributed by atoms with Gasteiger partial charge in [-0.2, -0.15) is 0 Å². The van der Waals surface area contributed by atoms with Crippen LogP contribution in [0.5, 0.6) is 0 Å². The standard InChI is InChI=1S/C8H13N.C2H6/c1-4-5-6-7(2)8(3)9;1-2/h4-6H,1,9H2,2-3H3;1-2H3/b6-5-,8-7-;. The van der Waals surface area contributed by atoms with Crippen molar-refractivity contribution in [3.8, 4) is 0 Å². The Kier molecular flexibility index (Phi) is 10.4. The summed E-state index contributed by atoms with van der Waals surface area (Å²) >= 11 is 0. The van der Waals surface area contributed by atoms with Crippen LogP contribution in [0.2, 0.25) is 0 Å². The Labute approximate surface area is 70.3 Å². The van der Waals surface area contributed by atoms with E-state index >= 15 is 0 Å². The summed E-state index contributed by atoms with van der Waals surface area (Å²) < 4.78 is 0. The van der Waals surface area contributed by atoms with Gasteiger partial charge in [0.05, 0.1) is 0 Å². The SMILES string of the molecule is C=C/C=C\C(C)=C(\C)N.CC. The minimum atomic E-state index is 0.855. The smallest absolute Gasteiger partial charge is 0.00785 e. The topological polar surface area (TPSA) is 26.0 Å². The van der Waals surface area contributed by atoms with Crippen molar-refractivity contribution in [2.75, 3.05) is 0 Å². The van der Waals surface area contributed by atoms with Crippen LogP contribution in [0.4, 0.5) is 0 Å². The van der Waals surface area contributed by atoms with Crippen LogP contribution in [0.15, 0.2) is 36.1 Å². The lowest BCUT2D eigenvalue weighted by molar-refractivity contribution is 1.24. The van der Waals surface area contributed by atoms with Gasteiger partial charge in [0.1, 0.15) is 0 Å². The second kappa shape index (κ2) is 9.02. The fraction of sp³-hybridized carbons (Fsp3) is 0.400. The van der Waals surface area contributed by atoms with Gasteiger partial charge in [-0.3, -0.25) is 0 Å². The predicted molar refractivity (Wildman–Crippen MR) is 53.2 cm³/mol. The molecular weight excluding hydrogens is 134 g/mol. The highest BCUT2D eigenvalue weighted by molar-refractivity contribution is 5.22. The highest BCUT2D eigenvalue weighted by Crippen LogP contribution is 1.97. The zero-order valence-corrected chi connectivity index (χ0v) is 8.02. The maximum atomic E-state index is 5.47. The molecule has 1 nitrogen and oxygen atoms in total. The number of allylic oxidation sites excluding steroid dienone is 5. The van der Waals surface area contributed by atoms with Crippen LogP contribution in [0.3, 0.4) is 0 Å².